The van der Waals surface area contributed by atoms with E-state index in [1.54, 1.807) is 21.6 Å². The minimum Gasteiger partial charge on any atom is -0.303 e. The van der Waals surface area contributed by atoms with Crippen LogP contribution in [0, 0.1) is 11.3 Å². The molecular weight excluding hydrogens is 448 g/mol. The normalized spacial score (nSPS) is 12.8. The van der Waals surface area contributed by atoms with Crippen molar-refractivity contribution < 1.29 is 4.79 Å². The predicted molar refractivity (Wildman–Crippen MR) is 138 cm³/mol. The zero-order chi connectivity index (χ0) is 25.1. The average Bonchev–Trinajstić information content (AvgIpc) is 3.55. The number of ketones is 1. The van der Waals surface area contributed by atoms with E-state index in [9.17, 15) is 4.79 Å². The largest absolute Gasteiger partial charge is 0.303 e. The van der Waals surface area contributed by atoms with Gasteiger partial charge in [-0.1, -0.05) is 55.5 Å². The lowest BCUT2D eigenvalue weighted by Gasteiger charge is -2.21. The standard InChI is InChI=1S/C29H26N6O/c1-20(22-10-8-21(14-30)9-11-22)15-31-28(23-6-4-3-5-7-23)29(36)26-17-33-35-19-24(12-13-27(26)35)25-16-32-34(2)18-25/h3-13,16-20,28,31H,15H2,1-2H3/t20-,28?/m1/s1. The second-order valence-electron chi connectivity index (χ2n) is 8.96. The summed E-state index contributed by atoms with van der Waals surface area (Å²) in [4.78, 5) is 13.8. The Balaban J connectivity index is 1.41. The van der Waals surface area contributed by atoms with E-state index >= 15 is 0 Å². The smallest absolute Gasteiger partial charge is 0.188 e. The maximum Gasteiger partial charge on any atom is 0.188 e. The summed E-state index contributed by atoms with van der Waals surface area (Å²) in [6.45, 7) is 2.71. The summed E-state index contributed by atoms with van der Waals surface area (Å²) in [5.41, 5.74) is 5.95. The first-order chi connectivity index (χ1) is 17.5. The van der Waals surface area contributed by atoms with E-state index in [1.165, 1.54) is 0 Å². The van der Waals surface area contributed by atoms with Crippen LogP contribution in [0.3, 0.4) is 0 Å². The van der Waals surface area contributed by atoms with Gasteiger partial charge in [0.15, 0.2) is 5.78 Å². The Morgan fingerprint density at radius 2 is 1.72 bits per heavy atom. The lowest BCUT2D eigenvalue weighted by Crippen LogP contribution is -2.31. The highest BCUT2D eigenvalue weighted by atomic mass is 16.1. The van der Waals surface area contributed by atoms with Crippen LogP contribution in [0.5, 0.6) is 0 Å². The van der Waals surface area contributed by atoms with E-state index < -0.39 is 6.04 Å². The molecule has 36 heavy (non-hydrogen) atoms. The summed E-state index contributed by atoms with van der Waals surface area (Å²) in [5, 5.41) is 21.3. The van der Waals surface area contributed by atoms with E-state index in [4.69, 9.17) is 5.26 Å². The van der Waals surface area contributed by atoms with Gasteiger partial charge >= 0.3 is 0 Å². The number of nitriles is 1. The summed E-state index contributed by atoms with van der Waals surface area (Å²) in [7, 11) is 1.88. The molecule has 1 unspecified atom stereocenters. The van der Waals surface area contributed by atoms with Crippen LogP contribution in [0.2, 0.25) is 0 Å². The SMILES string of the molecule is C[C@H](CNC(C(=O)c1cnn2cc(-c3cnn(C)c3)ccc12)c1ccccc1)c1ccc(C#N)cc1. The van der Waals surface area contributed by atoms with Crippen LogP contribution in [0.4, 0.5) is 0 Å². The number of nitrogens with zero attached hydrogens (tertiary/aromatic N) is 5. The van der Waals surface area contributed by atoms with Crippen molar-refractivity contribution in [2.45, 2.75) is 18.9 Å². The zero-order valence-corrected chi connectivity index (χ0v) is 20.2. The van der Waals surface area contributed by atoms with Gasteiger partial charge in [-0.2, -0.15) is 15.5 Å². The van der Waals surface area contributed by atoms with Crippen molar-refractivity contribution in [2.24, 2.45) is 7.05 Å². The van der Waals surface area contributed by atoms with Crippen molar-refractivity contribution in [1.82, 2.24) is 24.7 Å². The Morgan fingerprint density at radius 1 is 0.944 bits per heavy atom. The molecule has 178 valence electrons. The van der Waals surface area contributed by atoms with Gasteiger partial charge in [0.05, 0.1) is 41.1 Å². The molecular formula is C29H26N6O. The molecule has 0 amide bonds. The van der Waals surface area contributed by atoms with Crippen LogP contribution in [-0.2, 0) is 7.05 Å². The Labute approximate surface area is 209 Å². The highest BCUT2D eigenvalue weighted by molar-refractivity contribution is 6.06. The molecule has 5 aromatic rings. The number of Topliss-reactive ketones (excluding diaryl/α,β-unsaturated/α-hetero) is 1. The monoisotopic (exact) mass is 474 g/mol. The second-order valence-corrected chi connectivity index (χ2v) is 8.96. The van der Waals surface area contributed by atoms with Gasteiger partial charge in [-0.25, -0.2) is 4.52 Å². The Bertz CT molecular complexity index is 1540. The fraction of sp³-hybridized carbons (Fsp3) is 0.172. The van der Waals surface area contributed by atoms with Crippen LogP contribution >= 0.6 is 0 Å². The molecule has 0 aliphatic rings. The molecule has 0 saturated carbocycles. The predicted octanol–water partition coefficient (Wildman–Crippen LogP) is 4.92. The molecule has 3 aromatic heterocycles. The number of hydrogen-bond acceptors (Lipinski definition) is 5. The van der Waals surface area contributed by atoms with Gasteiger partial charge in [-0.15, -0.1) is 0 Å². The molecule has 0 saturated heterocycles. The number of carbonyl (C=O) groups is 1. The third kappa shape index (κ3) is 4.67. The molecule has 0 aliphatic heterocycles. The number of rotatable bonds is 8. The van der Waals surface area contributed by atoms with E-state index in [2.05, 4.69) is 28.5 Å². The van der Waals surface area contributed by atoms with Gasteiger partial charge in [0.1, 0.15) is 0 Å². The molecule has 3 heterocycles. The van der Waals surface area contributed by atoms with Crippen LogP contribution < -0.4 is 5.32 Å². The van der Waals surface area contributed by atoms with E-state index in [-0.39, 0.29) is 11.7 Å². The molecule has 2 atom stereocenters. The van der Waals surface area contributed by atoms with Gasteiger partial charge in [-0.3, -0.25) is 9.48 Å². The summed E-state index contributed by atoms with van der Waals surface area (Å²) >= 11 is 0. The van der Waals surface area contributed by atoms with Gasteiger partial charge in [-0.05, 0) is 35.2 Å². The van der Waals surface area contributed by atoms with Crippen molar-refractivity contribution in [3.05, 3.63) is 114 Å². The van der Waals surface area contributed by atoms with Crippen LogP contribution in [0.25, 0.3) is 16.6 Å². The van der Waals surface area contributed by atoms with Crippen LogP contribution in [-0.4, -0.2) is 31.7 Å². The molecule has 2 aromatic carbocycles. The first kappa shape index (κ1) is 23.2. The van der Waals surface area contributed by atoms with Gasteiger partial charge < -0.3 is 5.32 Å². The molecule has 0 bridgehead atoms. The van der Waals surface area contributed by atoms with Crippen molar-refractivity contribution >= 4 is 11.3 Å². The van der Waals surface area contributed by atoms with E-state index in [1.807, 2.05) is 86.2 Å². The van der Waals surface area contributed by atoms with Crippen LogP contribution in [0.1, 0.15) is 45.9 Å². The highest BCUT2D eigenvalue weighted by Crippen LogP contribution is 2.25. The number of carbonyl (C=O) groups excluding carboxylic acids is 1. The fourth-order valence-corrected chi connectivity index (χ4v) is 4.38. The molecule has 0 aliphatic carbocycles. The minimum atomic E-state index is -0.516. The molecule has 1 N–H and O–H groups in total. The van der Waals surface area contributed by atoms with Crippen molar-refractivity contribution in [3.63, 3.8) is 0 Å². The van der Waals surface area contributed by atoms with Crippen molar-refractivity contribution in [2.75, 3.05) is 6.54 Å². The fourth-order valence-electron chi connectivity index (χ4n) is 4.38. The van der Waals surface area contributed by atoms with Gasteiger partial charge in [0, 0.05) is 37.1 Å². The summed E-state index contributed by atoms with van der Waals surface area (Å²) in [5.74, 6) is 0.125. The quantitative estimate of drug-likeness (QED) is 0.322. The first-order valence-corrected chi connectivity index (χ1v) is 11.8. The van der Waals surface area contributed by atoms with Gasteiger partial charge in [0.2, 0.25) is 0 Å². The Morgan fingerprint density at radius 3 is 2.42 bits per heavy atom. The van der Waals surface area contributed by atoms with E-state index in [0.717, 1.165) is 27.8 Å². The molecule has 0 fully saturated rings. The Hall–Kier alpha value is -4.54. The lowest BCUT2D eigenvalue weighted by molar-refractivity contribution is 0.0944. The van der Waals surface area contributed by atoms with Crippen LogP contribution in [0.15, 0.2) is 91.5 Å². The van der Waals surface area contributed by atoms with Crippen molar-refractivity contribution in [1.29, 1.82) is 5.26 Å². The number of nitrogens with one attached hydrogen (secondary N) is 1. The third-order valence-electron chi connectivity index (χ3n) is 6.45. The number of benzene rings is 2. The van der Waals surface area contributed by atoms with E-state index in [0.29, 0.717) is 17.7 Å². The second kappa shape index (κ2) is 9.98. The molecule has 5 rings (SSSR count). The zero-order valence-electron chi connectivity index (χ0n) is 20.2. The molecule has 7 nitrogen and oxygen atoms in total. The number of pyridine rings is 1. The number of hydrogen-bond donors (Lipinski definition) is 1. The molecule has 7 heteroatoms. The Kier molecular flexibility index (Phi) is 6.44. The highest BCUT2D eigenvalue weighted by Gasteiger charge is 2.25. The maximum atomic E-state index is 13.8. The summed E-state index contributed by atoms with van der Waals surface area (Å²) < 4.78 is 3.50. The first-order valence-electron chi connectivity index (χ1n) is 11.8. The number of aromatic nitrogens is 4. The van der Waals surface area contributed by atoms with Crippen molar-refractivity contribution in [3.8, 4) is 17.2 Å². The average molecular weight is 475 g/mol. The molecule has 0 spiro atoms. The molecule has 0 radical (unpaired) electrons. The number of aryl methyl sites for hydroxylation is 1. The minimum absolute atomic E-state index is 0.0302. The lowest BCUT2D eigenvalue weighted by atomic mass is 9.95. The summed E-state index contributed by atoms with van der Waals surface area (Å²) in [6.07, 6.45) is 7.32. The third-order valence-corrected chi connectivity index (χ3v) is 6.45. The topological polar surface area (TPSA) is 88.0 Å². The summed E-state index contributed by atoms with van der Waals surface area (Å²) in [6, 6.07) is 22.9. The number of fused-ring (bicyclic) bond motifs is 1. The maximum absolute atomic E-state index is 13.8. The van der Waals surface area contributed by atoms with Gasteiger partial charge in [0.25, 0.3) is 0 Å².